The van der Waals surface area contributed by atoms with Crippen molar-refractivity contribution in [3.8, 4) is 0 Å². The summed E-state index contributed by atoms with van der Waals surface area (Å²) >= 11 is 3.28. The molecule has 2 heterocycles. The van der Waals surface area contributed by atoms with Crippen LogP contribution in [0.4, 0.5) is 10.5 Å². The maximum absolute atomic E-state index is 11.9. The van der Waals surface area contributed by atoms with Crippen LogP contribution in [0.2, 0.25) is 0 Å². The number of pyridine rings is 1. The van der Waals surface area contributed by atoms with Gasteiger partial charge in [0.15, 0.2) is 0 Å². The first kappa shape index (κ1) is 15.3. The molecule has 2 aromatic heterocycles. The van der Waals surface area contributed by atoms with Gasteiger partial charge in [-0.25, -0.2) is 4.79 Å². The third-order valence-corrected chi connectivity index (χ3v) is 3.61. The zero-order valence-electron chi connectivity index (χ0n) is 12.0. The summed E-state index contributed by atoms with van der Waals surface area (Å²) in [5.41, 5.74) is 1.85. The number of anilines is 1. The smallest absolute Gasteiger partial charge is 0.319 e. The molecule has 0 saturated carbocycles. The molecular formula is C13H16BrN5O2. The van der Waals surface area contributed by atoms with Crippen LogP contribution in [0.15, 0.2) is 27.7 Å². The largest absolute Gasteiger partial charge is 0.334 e. The molecule has 0 fully saturated rings. The number of hydrogen-bond acceptors (Lipinski definition) is 3. The Labute approximate surface area is 130 Å². The molecule has 0 spiro atoms. The summed E-state index contributed by atoms with van der Waals surface area (Å²) in [4.78, 5) is 23.7. The first-order chi connectivity index (χ1) is 9.88. The number of amides is 2. The third-order valence-electron chi connectivity index (χ3n) is 3.17. The highest BCUT2D eigenvalue weighted by atomic mass is 79.9. The van der Waals surface area contributed by atoms with Gasteiger partial charge in [0, 0.05) is 42.6 Å². The molecule has 2 rings (SSSR count). The predicted octanol–water partition coefficient (Wildman–Crippen LogP) is 1.51. The highest BCUT2D eigenvalue weighted by Gasteiger charge is 2.09. The minimum Gasteiger partial charge on any atom is -0.334 e. The number of carbonyl (C=O) groups excluding carboxylic acids is 1. The van der Waals surface area contributed by atoms with Crippen molar-refractivity contribution in [1.82, 2.24) is 19.7 Å². The Morgan fingerprint density at radius 2 is 2.14 bits per heavy atom. The fourth-order valence-corrected chi connectivity index (χ4v) is 2.36. The number of aromatic nitrogens is 3. The maximum Gasteiger partial charge on any atom is 0.319 e. The fourth-order valence-electron chi connectivity index (χ4n) is 1.82. The highest BCUT2D eigenvalue weighted by molar-refractivity contribution is 9.10. The van der Waals surface area contributed by atoms with Crippen molar-refractivity contribution in [2.45, 2.75) is 13.5 Å². The first-order valence-electron chi connectivity index (χ1n) is 6.27. The van der Waals surface area contributed by atoms with Gasteiger partial charge in [-0.3, -0.25) is 9.48 Å². The lowest BCUT2D eigenvalue weighted by Gasteiger charge is -2.08. The molecule has 2 N–H and O–H groups in total. The van der Waals surface area contributed by atoms with Crippen molar-refractivity contribution in [3.63, 3.8) is 0 Å². The average Bonchev–Trinajstić information content (AvgIpc) is 2.73. The van der Waals surface area contributed by atoms with Crippen molar-refractivity contribution in [2.75, 3.05) is 5.32 Å². The van der Waals surface area contributed by atoms with E-state index in [1.54, 1.807) is 30.2 Å². The second-order valence-corrected chi connectivity index (χ2v) is 5.59. The molecule has 0 radical (unpaired) electrons. The van der Waals surface area contributed by atoms with E-state index < -0.39 is 6.03 Å². The van der Waals surface area contributed by atoms with E-state index in [0.717, 1.165) is 11.3 Å². The van der Waals surface area contributed by atoms with Crippen molar-refractivity contribution in [3.05, 3.63) is 44.5 Å². The van der Waals surface area contributed by atoms with Crippen molar-refractivity contribution < 1.29 is 4.79 Å². The SMILES string of the molecule is Cc1c(CNC(=O)Nc2cc(Br)cn(C)c2=O)cnn1C. The molecule has 112 valence electrons. The van der Waals surface area contributed by atoms with E-state index in [1.807, 2.05) is 14.0 Å². The van der Waals surface area contributed by atoms with Gasteiger partial charge in [-0.2, -0.15) is 5.10 Å². The molecular weight excluding hydrogens is 338 g/mol. The number of nitrogens with one attached hydrogen (secondary N) is 2. The topological polar surface area (TPSA) is 81.0 Å². The van der Waals surface area contributed by atoms with Gasteiger partial charge < -0.3 is 15.2 Å². The predicted molar refractivity (Wildman–Crippen MR) is 83.2 cm³/mol. The molecule has 7 nitrogen and oxygen atoms in total. The van der Waals surface area contributed by atoms with Gasteiger partial charge in [0.2, 0.25) is 0 Å². The van der Waals surface area contributed by atoms with Crippen LogP contribution in [0.5, 0.6) is 0 Å². The summed E-state index contributed by atoms with van der Waals surface area (Å²) in [6.07, 6.45) is 3.33. The van der Waals surface area contributed by atoms with Gasteiger partial charge in [-0.15, -0.1) is 0 Å². The quantitative estimate of drug-likeness (QED) is 0.877. The molecule has 0 aliphatic carbocycles. The Balaban J connectivity index is 2.03. The molecule has 2 amide bonds. The van der Waals surface area contributed by atoms with E-state index in [2.05, 4.69) is 31.7 Å². The number of urea groups is 1. The van der Waals surface area contributed by atoms with Gasteiger partial charge >= 0.3 is 6.03 Å². The molecule has 2 aromatic rings. The highest BCUT2D eigenvalue weighted by Crippen LogP contribution is 2.11. The van der Waals surface area contributed by atoms with Gasteiger partial charge in [-0.1, -0.05) is 0 Å². The van der Waals surface area contributed by atoms with Crippen LogP contribution in [0.1, 0.15) is 11.3 Å². The molecule has 21 heavy (non-hydrogen) atoms. The van der Waals surface area contributed by atoms with Gasteiger partial charge in [0.05, 0.1) is 6.20 Å². The number of carbonyl (C=O) groups is 1. The Hall–Kier alpha value is -2.09. The van der Waals surface area contributed by atoms with Gasteiger partial charge in [-0.05, 0) is 28.9 Å². The van der Waals surface area contributed by atoms with Crippen LogP contribution in [0.3, 0.4) is 0 Å². The molecule has 0 unspecified atom stereocenters. The third kappa shape index (κ3) is 3.52. The van der Waals surface area contributed by atoms with Crippen molar-refractivity contribution in [1.29, 1.82) is 0 Å². The Morgan fingerprint density at radius 3 is 2.76 bits per heavy atom. The van der Waals surface area contributed by atoms with Crippen LogP contribution in [-0.2, 0) is 20.6 Å². The zero-order chi connectivity index (χ0) is 15.6. The summed E-state index contributed by atoms with van der Waals surface area (Å²) in [5.74, 6) is 0. The average molecular weight is 354 g/mol. The zero-order valence-corrected chi connectivity index (χ0v) is 13.6. The lowest BCUT2D eigenvalue weighted by Crippen LogP contribution is -2.32. The molecule has 0 bridgehead atoms. The van der Waals surface area contributed by atoms with Gasteiger partial charge in [0.1, 0.15) is 5.69 Å². The Morgan fingerprint density at radius 1 is 1.43 bits per heavy atom. The number of hydrogen-bond donors (Lipinski definition) is 2. The van der Waals surface area contributed by atoms with E-state index in [1.165, 1.54) is 4.57 Å². The lowest BCUT2D eigenvalue weighted by molar-refractivity contribution is 0.251. The number of aryl methyl sites for hydroxylation is 2. The maximum atomic E-state index is 11.9. The minimum atomic E-state index is -0.437. The van der Waals surface area contributed by atoms with Crippen LogP contribution in [-0.4, -0.2) is 20.4 Å². The Bertz CT molecular complexity index is 735. The van der Waals surface area contributed by atoms with Gasteiger partial charge in [0.25, 0.3) is 5.56 Å². The van der Waals surface area contributed by atoms with E-state index >= 15 is 0 Å². The molecule has 0 aromatic carbocycles. The second-order valence-electron chi connectivity index (χ2n) is 4.67. The molecule has 0 aliphatic rings. The minimum absolute atomic E-state index is 0.215. The molecule has 8 heteroatoms. The lowest BCUT2D eigenvalue weighted by atomic mass is 10.2. The van der Waals surface area contributed by atoms with Crippen LogP contribution in [0.25, 0.3) is 0 Å². The van der Waals surface area contributed by atoms with E-state index in [0.29, 0.717) is 11.0 Å². The van der Waals surface area contributed by atoms with Crippen LogP contribution >= 0.6 is 15.9 Å². The first-order valence-corrected chi connectivity index (χ1v) is 7.06. The Kier molecular flexibility index (Phi) is 4.46. The molecule has 0 atom stereocenters. The van der Waals surface area contributed by atoms with Crippen LogP contribution in [0, 0.1) is 6.92 Å². The summed E-state index contributed by atoms with van der Waals surface area (Å²) in [5, 5.41) is 9.35. The standard InChI is InChI=1S/C13H16BrN5O2/c1-8-9(6-16-19(8)3)5-15-13(21)17-11-4-10(14)7-18(2)12(11)20/h4,6-7H,5H2,1-3H3,(H2,15,17,21). The second kappa shape index (κ2) is 6.13. The van der Waals surface area contributed by atoms with Crippen molar-refractivity contribution in [2.24, 2.45) is 14.1 Å². The van der Waals surface area contributed by atoms with Crippen molar-refractivity contribution >= 4 is 27.6 Å². The molecule has 0 saturated heterocycles. The van der Waals surface area contributed by atoms with E-state index in [9.17, 15) is 9.59 Å². The number of nitrogens with zero attached hydrogens (tertiary/aromatic N) is 3. The van der Waals surface area contributed by atoms with E-state index in [-0.39, 0.29) is 11.2 Å². The monoisotopic (exact) mass is 353 g/mol. The summed E-state index contributed by atoms with van der Waals surface area (Å²) in [6.45, 7) is 2.27. The fraction of sp³-hybridized carbons (Fsp3) is 0.308. The summed E-state index contributed by atoms with van der Waals surface area (Å²) in [7, 11) is 3.46. The van der Waals surface area contributed by atoms with Crippen LogP contribution < -0.4 is 16.2 Å². The summed E-state index contributed by atoms with van der Waals surface area (Å²) in [6, 6.07) is 1.13. The normalized spacial score (nSPS) is 10.5. The molecule has 0 aliphatic heterocycles. The van der Waals surface area contributed by atoms with E-state index in [4.69, 9.17) is 0 Å². The number of halogens is 1. The number of rotatable bonds is 3. The summed E-state index contributed by atoms with van der Waals surface area (Å²) < 4.78 is 3.84.